The van der Waals surface area contributed by atoms with E-state index >= 15 is 0 Å². The molecule has 1 aromatic carbocycles. The van der Waals surface area contributed by atoms with Crippen LogP contribution in [0, 0.1) is 25.2 Å². The van der Waals surface area contributed by atoms with Crippen molar-refractivity contribution in [3.8, 4) is 6.07 Å². The fourth-order valence-electron chi connectivity index (χ4n) is 1.88. The topological polar surface area (TPSA) is 36.7 Å². The summed E-state index contributed by atoms with van der Waals surface area (Å²) in [5, 5.41) is 11.7. The first-order valence-corrected chi connectivity index (χ1v) is 8.95. The van der Waals surface area contributed by atoms with E-state index in [1.807, 2.05) is 55.9 Å². The lowest BCUT2D eigenvalue weighted by molar-refractivity contribution is 1.03. The number of aryl methyl sites for hydroxylation is 2. The monoisotopic (exact) mass is 334 g/mol. The molecule has 108 valence electrons. The van der Waals surface area contributed by atoms with Gasteiger partial charge in [0.05, 0.1) is 5.56 Å². The van der Waals surface area contributed by atoms with Crippen molar-refractivity contribution in [2.45, 2.75) is 24.6 Å². The van der Waals surface area contributed by atoms with E-state index in [2.05, 4.69) is 11.1 Å². The van der Waals surface area contributed by atoms with Gasteiger partial charge >= 0.3 is 0 Å². The summed E-state index contributed by atoms with van der Waals surface area (Å²) < 4.78 is 0. The molecule has 0 N–H and O–H groups in total. The number of hydrogen-bond acceptors (Lipinski definition) is 4. The number of hydrogen-bond donors (Lipinski definition) is 0. The number of halogens is 1. The molecule has 0 aliphatic carbocycles. The first-order valence-electron chi connectivity index (χ1n) is 6.43. The van der Waals surface area contributed by atoms with Crippen LogP contribution in [-0.2, 0) is 5.75 Å². The maximum absolute atomic E-state index is 9.23. The molecule has 0 bridgehead atoms. The SMILES string of the molecule is Cc1cc(C)c(C#N)c(SCSCc2ccc(Cl)cc2)n1. The van der Waals surface area contributed by atoms with Gasteiger partial charge in [0.25, 0.3) is 0 Å². The van der Waals surface area contributed by atoms with Crippen LogP contribution in [0.15, 0.2) is 35.4 Å². The summed E-state index contributed by atoms with van der Waals surface area (Å²) in [6, 6.07) is 12.1. The number of thioether (sulfide) groups is 2. The van der Waals surface area contributed by atoms with E-state index in [0.717, 1.165) is 32.1 Å². The van der Waals surface area contributed by atoms with Crippen LogP contribution in [0.3, 0.4) is 0 Å². The maximum atomic E-state index is 9.23. The second kappa shape index (κ2) is 7.74. The van der Waals surface area contributed by atoms with Crippen molar-refractivity contribution < 1.29 is 0 Å². The third kappa shape index (κ3) is 4.67. The Hall–Kier alpha value is -1.15. The molecule has 0 saturated heterocycles. The Morgan fingerprint density at radius 2 is 1.95 bits per heavy atom. The summed E-state index contributed by atoms with van der Waals surface area (Å²) in [4.78, 5) is 4.47. The molecule has 21 heavy (non-hydrogen) atoms. The third-order valence-electron chi connectivity index (χ3n) is 2.88. The molecule has 0 atom stereocenters. The summed E-state index contributed by atoms with van der Waals surface area (Å²) in [6.45, 7) is 3.91. The maximum Gasteiger partial charge on any atom is 0.115 e. The standard InChI is InChI=1S/C16H15ClN2S2/c1-11-7-12(2)19-16(15(11)8-18)21-10-20-9-13-3-5-14(17)6-4-13/h3-7H,9-10H2,1-2H3. The van der Waals surface area contributed by atoms with Crippen molar-refractivity contribution in [3.05, 3.63) is 57.7 Å². The first-order chi connectivity index (χ1) is 10.1. The minimum atomic E-state index is 0.692. The van der Waals surface area contributed by atoms with E-state index in [1.54, 1.807) is 11.8 Å². The van der Waals surface area contributed by atoms with Gasteiger partial charge in [-0.25, -0.2) is 4.98 Å². The van der Waals surface area contributed by atoms with Crippen LogP contribution < -0.4 is 0 Å². The molecular weight excluding hydrogens is 320 g/mol. The fraction of sp³-hybridized carbons (Fsp3) is 0.250. The number of nitriles is 1. The Balaban J connectivity index is 1.92. The van der Waals surface area contributed by atoms with Gasteiger partial charge < -0.3 is 0 Å². The highest BCUT2D eigenvalue weighted by molar-refractivity contribution is 8.15. The Morgan fingerprint density at radius 3 is 2.62 bits per heavy atom. The predicted molar refractivity (Wildman–Crippen MR) is 91.9 cm³/mol. The molecule has 0 saturated carbocycles. The Kier molecular flexibility index (Phi) is 5.98. The van der Waals surface area contributed by atoms with Gasteiger partial charge in [-0.3, -0.25) is 0 Å². The van der Waals surface area contributed by atoms with Crippen molar-refractivity contribution in [1.82, 2.24) is 4.98 Å². The van der Waals surface area contributed by atoms with Crippen LogP contribution in [0.5, 0.6) is 0 Å². The number of rotatable bonds is 5. The quantitative estimate of drug-likeness (QED) is 0.427. The second-order valence-corrected chi connectivity index (χ2v) is 7.36. The highest BCUT2D eigenvalue weighted by Gasteiger charge is 2.09. The van der Waals surface area contributed by atoms with Crippen molar-refractivity contribution in [2.24, 2.45) is 0 Å². The molecule has 0 amide bonds. The van der Waals surface area contributed by atoms with E-state index in [4.69, 9.17) is 11.6 Å². The predicted octanol–water partition coefficient (Wildman–Crippen LogP) is 5.21. The lowest BCUT2D eigenvalue weighted by Crippen LogP contribution is -1.94. The average molecular weight is 335 g/mol. The average Bonchev–Trinajstić information content (AvgIpc) is 2.45. The number of nitrogens with zero attached hydrogens (tertiary/aromatic N) is 2. The molecule has 0 aliphatic heterocycles. The van der Waals surface area contributed by atoms with Crippen LogP contribution in [0.25, 0.3) is 0 Å². The van der Waals surface area contributed by atoms with E-state index in [1.165, 1.54) is 5.56 Å². The molecule has 2 nitrogen and oxygen atoms in total. The lowest BCUT2D eigenvalue weighted by Gasteiger charge is -2.07. The van der Waals surface area contributed by atoms with Gasteiger partial charge in [-0.05, 0) is 43.2 Å². The fourth-order valence-corrected chi connectivity index (χ4v) is 4.11. The molecule has 5 heteroatoms. The van der Waals surface area contributed by atoms with E-state index in [0.29, 0.717) is 5.56 Å². The van der Waals surface area contributed by atoms with Gasteiger partial charge in [-0.1, -0.05) is 35.5 Å². The number of aromatic nitrogens is 1. The van der Waals surface area contributed by atoms with Gasteiger partial charge in [0.2, 0.25) is 0 Å². The van der Waals surface area contributed by atoms with Gasteiger partial charge in [-0.15, -0.1) is 11.8 Å². The van der Waals surface area contributed by atoms with Gasteiger partial charge in [0.15, 0.2) is 0 Å². The smallest absolute Gasteiger partial charge is 0.115 e. The van der Waals surface area contributed by atoms with Crippen molar-refractivity contribution in [3.63, 3.8) is 0 Å². The Labute approximate surface area is 138 Å². The van der Waals surface area contributed by atoms with Crippen molar-refractivity contribution in [1.29, 1.82) is 5.26 Å². The van der Waals surface area contributed by atoms with Crippen LogP contribution in [0.1, 0.15) is 22.4 Å². The molecule has 2 rings (SSSR count). The number of pyridine rings is 1. The first kappa shape index (κ1) is 16.2. The summed E-state index contributed by atoms with van der Waals surface area (Å²) in [7, 11) is 0. The zero-order valence-electron chi connectivity index (χ0n) is 11.9. The molecular formula is C16H15ClN2S2. The molecule has 0 fully saturated rings. The summed E-state index contributed by atoms with van der Waals surface area (Å²) >= 11 is 9.30. The van der Waals surface area contributed by atoms with E-state index in [-0.39, 0.29) is 0 Å². The zero-order valence-corrected chi connectivity index (χ0v) is 14.3. The van der Waals surface area contributed by atoms with Crippen LogP contribution >= 0.6 is 35.1 Å². The highest BCUT2D eigenvalue weighted by Crippen LogP contribution is 2.28. The van der Waals surface area contributed by atoms with Crippen molar-refractivity contribution in [2.75, 3.05) is 5.08 Å². The molecule has 1 aromatic heterocycles. The van der Waals surface area contributed by atoms with Gasteiger partial charge in [0, 0.05) is 21.6 Å². The number of benzene rings is 1. The zero-order chi connectivity index (χ0) is 15.2. The van der Waals surface area contributed by atoms with Crippen LogP contribution in [0.2, 0.25) is 5.02 Å². The molecule has 0 aliphatic rings. The van der Waals surface area contributed by atoms with Crippen LogP contribution in [-0.4, -0.2) is 10.1 Å². The normalized spacial score (nSPS) is 10.4. The summed E-state index contributed by atoms with van der Waals surface area (Å²) in [5.74, 6) is 0.927. The molecule has 0 spiro atoms. The Morgan fingerprint density at radius 1 is 1.24 bits per heavy atom. The van der Waals surface area contributed by atoms with Crippen LogP contribution in [0.4, 0.5) is 0 Å². The molecule has 1 heterocycles. The van der Waals surface area contributed by atoms with E-state index < -0.39 is 0 Å². The molecule has 2 aromatic rings. The van der Waals surface area contributed by atoms with Crippen molar-refractivity contribution >= 4 is 35.1 Å². The molecule has 0 radical (unpaired) electrons. The lowest BCUT2D eigenvalue weighted by atomic mass is 10.1. The minimum Gasteiger partial charge on any atom is -0.245 e. The Bertz CT molecular complexity index is 663. The highest BCUT2D eigenvalue weighted by atomic mass is 35.5. The molecule has 0 unspecified atom stereocenters. The second-order valence-electron chi connectivity index (χ2n) is 4.61. The minimum absolute atomic E-state index is 0.692. The summed E-state index contributed by atoms with van der Waals surface area (Å²) in [5.41, 5.74) is 3.89. The van der Waals surface area contributed by atoms with E-state index in [9.17, 15) is 5.26 Å². The summed E-state index contributed by atoms with van der Waals surface area (Å²) in [6.07, 6.45) is 0. The largest absolute Gasteiger partial charge is 0.245 e. The third-order valence-corrected chi connectivity index (χ3v) is 5.38. The van der Waals surface area contributed by atoms with Gasteiger partial charge in [-0.2, -0.15) is 5.26 Å². The van der Waals surface area contributed by atoms with Gasteiger partial charge in [0.1, 0.15) is 11.1 Å².